The van der Waals surface area contributed by atoms with E-state index in [1.165, 1.54) is 0 Å². The fourth-order valence-electron chi connectivity index (χ4n) is 3.53. The van der Waals surface area contributed by atoms with Gasteiger partial charge in [0.2, 0.25) is 5.91 Å². The molecule has 0 fully saturated rings. The number of carbonyl (C=O) groups is 2. The number of carbonyl (C=O) groups excluding carboxylic acids is 2. The minimum atomic E-state index is -0.227. The summed E-state index contributed by atoms with van der Waals surface area (Å²) >= 11 is 0. The van der Waals surface area contributed by atoms with Gasteiger partial charge in [-0.05, 0) is 36.2 Å². The maximum absolute atomic E-state index is 12.9. The molecule has 5 heteroatoms. The summed E-state index contributed by atoms with van der Waals surface area (Å²) in [5, 5.41) is 6.92. The van der Waals surface area contributed by atoms with Crippen molar-refractivity contribution in [1.29, 1.82) is 0 Å². The number of amides is 2. The maximum atomic E-state index is 12.9. The fourth-order valence-corrected chi connectivity index (χ4v) is 3.53. The SMILES string of the molecule is C[C@H](NC(=O)c1ccccc1NC(=O)Cc1c[nH]c2ccccc12)c1ccccc1. The molecule has 0 bridgehead atoms. The highest BCUT2D eigenvalue weighted by Gasteiger charge is 2.16. The highest BCUT2D eigenvalue weighted by molar-refractivity contribution is 6.04. The Bertz CT molecular complexity index is 1180. The zero-order valence-electron chi connectivity index (χ0n) is 16.7. The van der Waals surface area contributed by atoms with Crippen LogP contribution in [0.3, 0.4) is 0 Å². The molecule has 0 saturated carbocycles. The number of nitrogens with one attached hydrogen (secondary N) is 3. The number of hydrogen-bond acceptors (Lipinski definition) is 2. The molecule has 150 valence electrons. The Kier molecular flexibility index (Phi) is 5.61. The van der Waals surface area contributed by atoms with Crippen LogP contribution in [0.2, 0.25) is 0 Å². The normalized spacial score (nSPS) is 11.8. The van der Waals surface area contributed by atoms with E-state index in [9.17, 15) is 9.59 Å². The van der Waals surface area contributed by atoms with Gasteiger partial charge in [-0.15, -0.1) is 0 Å². The van der Waals surface area contributed by atoms with Crippen molar-refractivity contribution in [1.82, 2.24) is 10.3 Å². The number of aromatic amines is 1. The Morgan fingerprint density at radius 2 is 1.60 bits per heavy atom. The van der Waals surface area contributed by atoms with Gasteiger partial charge in [0.1, 0.15) is 0 Å². The highest BCUT2D eigenvalue weighted by atomic mass is 16.2. The van der Waals surface area contributed by atoms with E-state index in [0.29, 0.717) is 11.3 Å². The van der Waals surface area contributed by atoms with Gasteiger partial charge in [0.25, 0.3) is 5.91 Å². The molecule has 0 aliphatic heterocycles. The average Bonchev–Trinajstić information content (AvgIpc) is 3.17. The fraction of sp³-hybridized carbons (Fsp3) is 0.120. The van der Waals surface area contributed by atoms with Crippen LogP contribution in [-0.2, 0) is 11.2 Å². The molecule has 0 radical (unpaired) electrons. The van der Waals surface area contributed by atoms with Crippen LogP contribution in [0.25, 0.3) is 10.9 Å². The monoisotopic (exact) mass is 397 g/mol. The first-order chi connectivity index (χ1) is 14.6. The summed E-state index contributed by atoms with van der Waals surface area (Å²) in [6, 6.07) is 24.5. The number of anilines is 1. The van der Waals surface area contributed by atoms with Crippen LogP contribution in [0, 0.1) is 0 Å². The van der Waals surface area contributed by atoms with Crippen molar-refractivity contribution < 1.29 is 9.59 Å². The maximum Gasteiger partial charge on any atom is 0.253 e. The third kappa shape index (κ3) is 4.25. The minimum absolute atomic E-state index is 0.145. The van der Waals surface area contributed by atoms with Crippen LogP contribution in [-0.4, -0.2) is 16.8 Å². The topological polar surface area (TPSA) is 74.0 Å². The predicted molar refractivity (Wildman–Crippen MR) is 119 cm³/mol. The van der Waals surface area contributed by atoms with Crippen molar-refractivity contribution in [2.45, 2.75) is 19.4 Å². The highest BCUT2D eigenvalue weighted by Crippen LogP contribution is 2.21. The van der Waals surface area contributed by atoms with Crippen LogP contribution in [0.15, 0.2) is 85.1 Å². The summed E-state index contributed by atoms with van der Waals surface area (Å²) in [7, 11) is 0. The van der Waals surface area contributed by atoms with Crippen molar-refractivity contribution in [3.63, 3.8) is 0 Å². The van der Waals surface area contributed by atoms with Crippen molar-refractivity contribution in [2.75, 3.05) is 5.32 Å². The Labute approximate surface area is 175 Å². The number of rotatable bonds is 6. The number of benzene rings is 3. The van der Waals surface area contributed by atoms with Gasteiger partial charge in [-0.2, -0.15) is 0 Å². The van der Waals surface area contributed by atoms with E-state index in [1.807, 2.05) is 67.7 Å². The molecule has 4 aromatic rings. The second kappa shape index (κ2) is 8.66. The second-order valence-corrected chi connectivity index (χ2v) is 7.24. The van der Waals surface area contributed by atoms with E-state index in [4.69, 9.17) is 0 Å². The van der Waals surface area contributed by atoms with E-state index in [1.54, 1.807) is 24.3 Å². The lowest BCUT2D eigenvalue weighted by molar-refractivity contribution is -0.115. The molecule has 0 aliphatic carbocycles. The van der Waals surface area contributed by atoms with E-state index in [2.05, 4.69) is 15.6 Å². The first-order valence-electron chi connectivity index (χ1n) is 9.91. The first kappa shape index (κ1) is 19.5. The van der Waals surface area contributed by atoms with Crippen LogP contribution in [0.5, 0.6) is 0 Å². The van der Waals surface area contributed by atoms with Crippen molar-refractivity contribution in [2.24, 2.45) is 0 Å². The van der Waals surface area contributed by atoms with Gasteiger partial charge in [-0.1, -0.05) is 60.7 Å². The van der Waals surface area contributed by atoms with Crippen LogP contribution >= 0.6 is 0 Å². The molecule has 0 spiro atoms. The molecule has 1 aromatic heterocycles. The molecule has 1 heterocycles. The molecule has 30 heavy (non-hydrogen) atoms. The molecule has 1 atom stereocenters. The molecule has 0 aliphatic rings. The van der Waals surface area contributed by atoms with Gasteiger partial charge in [0, 0.05) is 17.1 Å². The smallest absolute Gasteiger partial charge is 0.253 e. The molecule has 5 nitrogen and oxygen atoms in total. The van der Waals surface area contributed by atoms with Gasteiger partial charge in [0.15, 0.2) is 0 Å². The second-order valence-electron chi connectivity index (χ2n) is 7.24. The average molecular weight is 397 g/mol. The lowest BCUT2D eigenvalue weighted by Gasteiger charge is -2.16. The number of para-hydroxylation sites is 2. The minimum Gasteiger partial charge on any atom is -0.361 e. The third-order valence-corrected chi connectivity index (χ3v) is 5.12. The quantitative estimate of drug-likeness (QED) is 0.435. The summed E-state index contributed by atoms with van der Waals surface area (Å²) in [4.78, 5) is 28.7. The number of hydrogen-bond donors (Lipinski definition) is 3. The third-order valence-electron chi connectivity index (χ3n) is 5.12. The van der Waals surface area contributed by atoms with Crippen LogP contribution < -0.4 is 10.6 Å². The lowest BCUT2D eigenvalue weighted by Crippen LogP contribution is -2.28. The summed E-state index contributed by atoms with van der Waals surface area (Å²) < 4.78 is 0. The zero-order chi connectivity index (χ0) is 20.9. The molecule has 2 amide bonds. The van der Waals surface area contributed by atoms with Crippen molar-refractivity contribution in [3.8, 4) is 0 Å². The lowest BCUT2D eigenvalue weighted by atomic mass is 10.1. The predicted octanol–water partition coefficient (Wildman–Crippen LogP) is 4.84. The zero-order valence-corrected chi connectivity index (χ0v) is 16.7. The number of H-pyrrole nitrogens is 1. The molecular formula is C25H23N3O2. The molecule has 3 N–H and O–H groups in total. The Hall–Kier alpha value is -3.86. The summed E-state index contributed by atoms with van der Waals surface area (Å²) in [5.41, 5.74) is 3.87. The Balaban J connectivity index is 1.47. The Morgan fingerprint density at radius 1 is 0.900 bits per heavy atom. The van der Waals surface area contributed by atoms with Gasteiger partial charge in [-0.25, -0.2) is 0 Å². The first-order valence-corrected chi connectivity index (χ1v) is 9.91. The van der Waals surface area contributed by atoms with Crippen LogP contribution in [0.1, 0.15) is 34.5 Å². The molecule has 0 saturated heterocycles. The summed E-state index contributed by atoms with van der Waals surface area (Å²) in [6.45, 7) is 1.94. The van der Waals surface area contributed by atoms with E-state index >= 15 is 0 Å². The van der Waals surface area contributed by atoms with Gasteiger partial charge in [0.05, 0.1) is 23.7 Å². The van der Waals surface area contributed by atoms with Crippen molar-refractivity contribution >= 4 is 28.4 Å². The summed E-state index contributed by atoms with van der Waals surface area (Å²) in [6.07, 6.45) is 2.07. The van der Waals surface area contributed by atoms with E-state index in [-0.39, 0.29) is 24.3 Å². The Morgan fingerprint density at radius 3 is 2.43 bits per heavy atom. The molecule has 0 unspecified atom stereocenters. The van der Waals surface area contributed by atoms with Gasteiger partial charge >= 0.3 is 0 Å². The standard InChI is InChI=1S/C25H23N3O2/c1-17(18-9-3-2-4-10-18)27-25(30)21-12-6-8-14-23(21)28-24(29)15-19-16-26-22-13-7-5-11-20(19)22/h2-14,16-17,26H,15H2,1H3,(H,27,30)(H,28,29)/t17-/m0/s1. The van der Waals surface area contributed by atoms with Gasteiger partial charge < -0.3 is 15.6 Å². The molecule has 3 aromatic carbocycles. The van der Waals surface area contributed by atoms with E-state index in [0.717, 1.165) is 22.0 Å². The largest absolute Gasteiger partial charge is 0.361 e. The molecule has 4 rings (SSSR count). The number of fused-ring (bicyclic) bond motifs is 1. The van der Waals surface area contributed by atoms with Crippen LogP contribution in [0.4, 0.5) is 5.69 Å². The molecular weight excluding hydrogens is 374 g/mol. The van der Waals surface area contributed by atoms with Crippen molar-refractivity contribution in [3.05, 3.63) is 102 Å². The number of aromatic nitrogens is 1. The van der Waals surface area contributed by atoms with E-state index < -0.39 is 0 Å². The van der Waals surface area contributed by atoms with Gasteiger partial charge in [-0.3, -0.25) is 9.59 Å². The summed E-state index contributed by atoms with van der Waals surface area (Å²) in [5.74, 6) is -0.398.